The van der Waals surface area contributed by atoms with Crippen LogP contribution in [0.1, 0.15) is 37.7 Å². The first-order chi connectivity index (χ1) is 9.18. The molecule has 2 saturated carbocycles. The topological polar surface area (TPSA) is 44.5 Å². The molecule has 2 fully saturated rings. The van der Waals surface area contributed by atoms with Crippen molar-refractivity contribution in [3.05, 3.63) is 22.2 Å². The SMILES string of the molecule is COc1cc(Br)c(C2(CN)CC2)cc1OC1CCC1. The fourth-order valence-electron chi connectivity index (χ4n) is 2.60. The van der Waals surface area contributed by atoms with Crippen LogP contribution in [0.15, 0.2) is 16.6 Å². The highest BCUT2D eigenvalue weighted by Gasteiger charge is 2.44. The molecule has 1 aromatic rings. The van der Waals surface area contributed by atoms with Crippen LogP contribution in [-0.4, -0.2) is 19.8 Å². The molecule has 104 valence electrons. The van der Waals surface area contributed by atoms with E-state index in [2.05, 4.69) is 22.0 Å². The van der Waals surface area contributed by atoms with Gasteiger partial charge in [0, 0.05) is 16.4 Å². The van der Waals surface area contributed by atoms with Crippen LogP contribution in [0, 0.1) is 0 Å². The second-order valence-corrected chi connectivity index (χ2v) is 6.49. The van der Waals surface area contributed by atoms with E-state index in [1.807, 2.05) is 6.07 Å². The lowest BCUT2D eigenvalue weighted by Gasteiger charge is -2.28. The van der Waals surface area contributed by atoms with Gasteiger partial charge in [0.2, 0.25) is 0 Å². The highest BCUT2D eigenvalue weighted by Crippen LogP contribution is 2.52. The second-order valence-electron chi connectivity index (χ2n) is 5.64. The quantitative estimate of drug-likeness (QED) is 0.902. The molecule has 0 bridgehead atoms. The maximum atomic E-state index is 6.05. The summed E-state index contributed by atoms with van der Waals surface area (Å²) in [6.45, 7) is 0.695. The van der Waals surface area contributed by atoms with Crippen LogP contribution in [0.4, 0.5) is 0 Å². The number of hydrogen-bond donors (Lipinski definition) is 1. The van der Waals surface area contributed by atoms with E-state index in [1.165, 1.54) is 12.0 Å². The van der Waals surface area contributed by atoms with Gasteiger partial charge >= 0.3 is 0 Å². The van der Waals surface area contributed by atoms with Gasteiger partial charge in [-0.25, -0.2) is 0 Å². The van der Waals surface area contributed by atoms with E-state index < -0.39 is 0 Å². The van der Waals surface area contributed by atoms with Crippen LogP contribution >= 0.6 is 15.9 Å². The number of benzene rings is 1. The molecule has 3 nitrogen and oxygen atoms in total. The molecule has 3 rings (SSSR count). The van der Waals surface area contributed by atoms with Crippen molar-refractivity contribution < 1.29 is 9.47 Å². The highest BCUT2D eigenvalue weighted by atomic mass is 79.9. The third kappa shape index (κ3) is 2.36. The minimum atomic E-state index is 0.156. The van der Waals surface area contributed by atoms with Crippen molar-refractivity contribution in [1.82, 2.24) is 0 Å². The van der Waals surface area contributed by atoms with Gasteiger partial charge < -0.3 is 15.2 Å². The average molecular weight is 326 g/mol. The van der Waals surface area contributed by atoms with E-state index in [0.717, 1.165) is 41.7 Å². The molecule has 19 heavy (non-hydrogen) atoms. The molecule has 0 aromatic heterocycles. The number of hydrogen-bond acceptors (Lipinski definition) is 3. The van der Waals surface area contributed by atoms with E-state index >= 15 is 0 Å². The molecule has 0 saturated heterocycles. The molecule has 0 atom stereocenters. The molecular formula is C15H20BrNO2. The Morgan fingerprint density at radius 1 is 1.32 bits per heavy atom. The fraction of sp³-hybridized carbons (Fsp3) is 0.600. The number of rotatable bonds is 5. The van der Waals surface area contributed by atoms with E-state index in [-0.39, 0.29) is 5.41 Å². The minimum absolute atomic E-state index is 0.156. The average Bonchev–Trinajstić information content (AvgIpc) is 3.15. The first-order valence-electron chi connectivity index (χ1n) is 6.93. The molecular weight excluding hydrogens is 306 g/mol. The lowest BCUT2D eigenvalue weighted by Crippen LogP contribution is -2.25. The van der Waals surface area contributed by atoms with E-state index in [1.54, 1.807) is 7.11 Å². The standard InChI is InChI=1S/C15H20BrNO2/c1-18-13-8-12(16)11(15(9-17)5-6-15)7-14(13)19-10-3-2-4-10/h7-8,10H,2-6,9,17H2,1H3. The number of methoxy groups -OCH3 is 1. The van der Waals surface area contributed by atoms with Gasteiger partial charge in [0.1, 0.15) is 0 Å². The van der Waals surface area contributed by atoms with Crippen molar-refractivity contribution in [2.45, 2.75) is 43.6 Å². The normalized spacial score (nSPS) is 20.8. The molecule has 0 spiro atoms. The molecule has 0 heterocycles. The Kier molecular flexibility index (Phi) is 3.48. The van der Waals surface area contributed by atoms with Crippen LogP contribution in [0.5, 0.6) is 11.5 Å². The Bertz CT molecular complexity index is 481. The van der Waals surface area contributed by atoms with E-state index in [4.69, 9.17) is 15.2 Å². The van der Waals surface area contributed by atoms with Gasteiger partial charge in [-0.05, 0) is 49.8 Å². The van der Waals surface area contributed by atoms with E-state index in [0.29, 0.717) is 12.6 Å². The maximum absolute atomic E-state index is 6.05. The summed E-state index contributed by atoms with van der Waals surface area (Å²) in [6.07, 6.45) is 6.25. The fourth-order valence-corrected chi connectivity index (χ4v) is 3.34. The third-order valence-corrected chi connectivity index (χ3v) is 5.07. The Hall–Kier alpha value is -0.740. The highest BCUT2D eigenvalue weighted by molar-refractivity contribution is 9.10. The number of nitrogens with two attached hydrogens (primary N) is 1. The van der Waals surface area contributed by atoms with E-state index in [9.17, 15) is 0 Å². The van der Waals surface area contributed by atoms with Crippen molar-refractivity contribution in [3.63, 3.8) is 0 Å². The van der Waals surface area contributed by atoms with Crippen molar-refractivity contribution in [2.24, 2.45) is 5.73 Å². The van der Waals surface area contributed by atoms with Crippen LogP contribution in [0.2, 0.25) is 0 Å². The molecule has 1 aromatic carbocycles. The Labute approximate surface area is 122 Å². The zero-order valence-electron chi connectivity index (χ0n) is 11.2. The molecule has 0 aliphatic heterocycles. The predicted octanol–water partition coefficient (Wildman–Crippen LogP) is 3.38. The number of halogens is 1. The first-order valence-corrected chi connectivity index (χ1v) is 7.72. The Balaban J connectivity index is 1.94. The zero-order chi connectivity index (χ0) is 13.5. The molecule has 2 N–H and O–H groups in total. The molecule has 0 radical (unpaired) electrons. The summed E-state index contributed by atoms with van der Waals surface area (Å²) in [6, 6.07) is 4.14. The lowest BCUT2D eigenvalue weighted by atomic mass is 9.94. The van der Waals surface area contributed by atoms with Gasteiger partial charge in [-0.3, -0.25) is 0 Å². The minimum Gasteiger partial charge on any atom is -0.493 e. The molecule has 2 aliphatic carbocycles. The predicted molar refractivity (Wildman–Crippen MR) is 78.9 cm³/mol. The summed E-state index contributed by atoms with van der Waals surface area (Å²) in [5, 5.41) is 0. The van der Waals surface area contributed by atoms with Crippen LogP contribution in [-0.2, 0) is 5.41 Å². The molecule has 2 aliphatic rings. The van der Waals surface area contributed by atoms with Gasteiger partial charge in [-0.15, -0.1) is 0 Å². The smallest absolute Gasteiger partial charge is 0.161 e. The van der Waals surface area contributed by atoms with Crippen molar-refractivity contribution in [3.8, 4) is 11.5 Å². The summed E-state index contributed by atoms with van der Waals surface area (Å²) >= 11 is 3.64. The van der Waals surface area contributed by atoms with Gasteiger partial charge in [0.15, 0.2) is 11.5 Å². The lowest BCUT2D eigenvalue weighted by molar-refractivity contribution is 0.116. The first kappa shape index (κ1) is 13.3. The Morgan fingerprint density at radius 2 is 2.05 bits per heavy atom. The summed E-state index contributed by atoms with van der Waals surface area (Å²) in [5.74, 6) is 1.67. The van der Waals surface area contributed by atoms with Crippen LogP contribution < -0.4 is 15.2 Å². The molecule has 0 unspecified atom stereocenters. The summed E-state index contributed by atoms with van der Waals surface area (Å²) in [7, 11) is 1.69. The van der Waals surface area contributed by atoms with Gasteiger partial charge in [-0.2, -0.15) is 0 Å². The second kappa shape index (κ2) is 4.98. The monoisotopic (exact) mass is 325 g/mol. The number of ether oxygens (including phenoxy) is 2. The van der Waals surface area contributed by atoms with Crippen LogP contribution in [0.3, 0.4) is 0 Å². The molecule has 4 heteroatoms. The Morgan fingerprint density at radius 3 is 2.53 bits per heavy atom. The van der Waals surface area contributed by atoms with Crippen molar-refractivity contribution >= 4 is 15.9 Å². The molecule has 0 amide bonds. The summed E-state index contributed by atoms with van der Waals surface area (Å²) < 4.78 is 12.6. The van der Waals surface area contributed by atoms with Crippen molar-refractivity contribution in [2.75, 3.05) is 13.7 Å². The largest absolute Gasteiger partial charge is 0.493 e. The third-order valence-electron chi connectivity index (χ3n) is 4.41. The van der Waals surface area contributed by atoms with Gasteiger partial charge in [0.05, 0.1) is 13.2 Å². The van der Waals surface area contributed by atoms with Crippen LogP contribution in [0.25, 0.3) is 0 Å². The summed E-state index contributed by atoms with van der Waals surface area (Å²) in [5.41, 5.74) is 7.36. The zero-order valence-corrected chi connectivity index (χ0v) is 12.8. The maximum Gasteiger partial charge on any atom is 0.161 e. The van der Waals surface area contributed by atoms with Gasteiger partial charge in [-0.1, -0.05) is 15.9 Å². The van der Waals surface area contributed by atoms with Crippen molar-refractivity contribution in [1.29, 1.82) is 0 Å². The summed E-state index contributed by atoms with van der Waals surface area (Å²) in [4.78, 5) is 0. The van der Waals surface area contributed by atoms with Gasteiger partial charge in [0.25, 0.3) is 0 Å².